The second-order valence-electron chi connectivity index (χ2n) is 5.39. The van der Waals surface area contributed by atoms with Crippen molar-refractivity contribution in [2.45, 2.75) is 18.6 Å². The summed E-state index contributed by atoms with van der Waals surface area (Å²) in [5.74, 6) is -5.51. The number of hydrogen-bond acceptors (Lipinski definition) is 4. The molecular formula is C17H13F3O5. The molecule has 0 fully saturated rings. The lowest BCUT2D eigenvalue weighted by molar-refractivity contribution is -0.139. The van der Waals surface area contributed by atoms with Gasteiger partial charge >= 0.3 is 11.9 Å². The van der Waals surface area contributed by atoms with E-state index in [0.717, 1.165) is 6.08 Å². The Morgan fingerprint density at radius 1 is 1.32 bits per heavy atom. The molecule has 3 rings (SSSR count). The number of rotatable bonds is 6. The Morgan fingerprint density at radius 3 is 2.76 bits per heavy atom. The summed E-state index contributed by atoms with van der Waals surface area (Å²) in [6, 6.07) is 6.21. The van der Waals surface area contributed by atoms with Crippen LogP contribution in [0.1, 0.15) is 11.1 Å². The minimum Gasteiger partial charge on any atom is -0.485 e. The zero-order valence-electron chi connectivity index (χ0n) is 12.7. The summed E-state index contributed by atoms with van der Waals surface area (Å²) in [6.07, 6.45) is 1.70. The Balaban J connectivity index is 1.95. The molecule has 25 heavy (non-hydrogen) atoms. The Morgan fingerprint density at radius 2 is 2.12 bits per heavy atom. The molecule has 1 aromatic carbocycles. The number of alkyl halides is 3. The summed E-state index contributed by atoms with van der Waals surface area (Å²) < 4.78 is 56.0. The molecule has 5 nitrogen and oxygen atoms in total. The molecule has 132 valence electrons. The van der Waals surface area contributed by atoms with Crippen molar-refractivity contribution in [2.24, 2.45) is 0 Å². The number of aliphatic carboxylic acids is 1. The van der Waals surface area contributed by atoms with Gasteiger partial charge in [0.15, 0.2) is 24.3 Å². The zero-order chi connectivity index (χ0) is 18.0. The third-order valence-electron chi connectivity index (χ3n) is 3.62. The molecule has 1 aliphatic rings. The number of carboxylic acid groups (broad SMARTS) is 1. The summed E-state index contributed by atoms with van der Waals surface area (Å²) in [6.45, 7) is -1.95. The minimum absolute atomic E-state index is 0.0610. The number of para-hydroxylation sites is 1. The number of furan rings is 1. The van der Waals surface area contributed by atoms with Crippen LogP contribution >= 0.6 is 0 Å². The van der Waals surface area contributed by atoms with Crippen molar-refractivity contribution in [3.63, 3.8) is 0 Å². The maximum Gasteiger partial charge on any atom is 0.335 e. The molecule has 1 unspecified atom stereocenters. The van der Waals surface area contributed by atoms with E-state index in [1.807, 2.05) is 0 Å². The molecule has 0 radical (unpaired) electrons. The van der Waals surface area contributed by atoms with Crippen LogP contribution in [-0.2, 0) is 11.4 Å². The van der Waals surface area contributed by atoms with E-state index in [1.54, 1.807) is 12.1 Å². The highest BCUT2D eigenvalue weighted by Gasteiger charge is 2.48. The predicted octanol–water partition coefficient (Wildman–Crippen LogP) is 3.69. The van der Waals surface area contributed by atoms with Gasteiger partial charge < -0.3 is 19.0 Å². The van der Waals surface area contributed by atoms with Crippen molar-refractivity contribution in [1.29, 1.82) is 0 Å². The fourth-order valence-corrected chi connectivity index (χ4v) is 2.40. The molecule has 0 aliphatic carbocycles. The van der Waals surface area contributed by atoms with E-state index < -0.39 is 30.2 Å². The standard InChI is InChI=1S/C17H13F3O5/c18-9-17(19,20)15-12(16(21)22)6-11-2-1-3-13(14(11)25-15)24-8-10-4-5-23-7-10/h1-7,15H,8-9H2,(H,21,22). The lowest BCUT2D eigenvalue weighted by Gasteiger charge is -2.30. The van der Waals surface area contributed by atoms with Crippen LogP contribution in [0, 0.1) is 0 Å². The number of halogens is 3. The van der Waals surface area contributed by atoms with Gasteiger partial charge in [-0.1, -0.05) is 12.1 Å². The van der Waals surface area contributed by atoms with E-state index in [0.29, 0.717) is 5.56 Å². The molecule has 2 aromatic rings. The van der Waals surface area contributed by atoms with E-state index in [9.17, 15) is 18.0 Å². The number of carboxylic acids is 1. The summed E-state index contributed by atoms with van der Waals surface area (Å²) in [5, 5.41) is 9.15. The first-order valence-electron chi connectivity index (χ1n) is 7.24. The van der Waals surface area contributed by atoms with E-state index in [4.69, 9.17) is 19.0 Å². The van der Waals surface area contributed by atoms with Gasteiger partial charge in [-0.3, -0.25) is 0 Å². The van der Waals surface area contributed by atoms with Crippen LogP contribution in [0.3, 0.4) is 0 Å². The first-order valence-corrected chi connectivity index (χ1v) is 7.24. The molecule has 8 heteroatoms. The second-order valence-corrected chi connectivity index (χ2v) is 5.39. The van der Waals surface area contributed by atoms with Crippen LogP contribution in [0.25, 0.3) is 6.08 Å². The number of ether oxygens (including phenoxy) is 2. The van der Waals surface area contributed by atoms with Gasteiger partial charge in [0.2, 0.25) is 0 Å². The van der Waals surface area contributed by atoms with Crippen molar-refractivity contribution in [3.8, 4) is 11.5 Å². The Labute approximate surface area is 140 Å². The first-order chi connectivity index (χ1) is 11.9. The molecule has 1 aromatic heterocycles. The first kappa shape index (κ1) is 16.9. The van der Waals surface area contributed by atoms with Crippen LogP contribution in [-0.4, -0.2) is 29.8 Å². The summed E-state index contributed by atoms with van der Waals surface area (Å²) >= 11 is 0. The maximum atomic E-state index is 13.8. The van der Waals surface area contributed by atoms with Crippen LogP contribution in [0.5, 0.6) is 11.5 Å². The van der Waals surface area contributed by atoms with E-state index in [2.05, 4.69) is 0 Å². The highest BCUT2D eigenvalue weighted by molar-refractivity contribution is 5.95. The SMILES string of the molecule is O=C(O)C1=Cc2cccc(OCc3ccoc3)c2OC1C(F)(F)CF. The smallest absolute Gasteiger partial charge is 0.335 e. The van der Waals surface area contributed by atoms with Crippen LogP contribution in [0.15, 0.2) is 46.8 Å². The molecule has 0 bridgehead atoms. The molecule has 0 amide bonds. The van der Waals surface area contributed by atoms with Gasteiger partial charge in [-0.05, 0) is 18.2 Å². The average Bonchev–Trinajstić information content (AvgIpc) is 3.12. The molecule has 1 atom stereocenters. The normalized spacial score (nSPS) is 16.6. The lowest BCUT2D eigenvalue weighted by Crippen LogP contribution is -2.44. The van der Waals surface area contributed by atoms with Crippen LogP contribution < -0.4 is 9.47 Å². The summed E-state index contributed by atoms with van der Waals surface area (Å²) in [5.41, 5.74) is 0.246. The number of hydrogen-bond donors (Lipinski definition) is 1. The predicted molar refractivity (Wildman–Crippen MR) is 80.4 cm³/mol. The van der Waals surface area contributed by atoms with E-state index >= 15 is 0 Å². The molecule has 0 spiro atoms. The number of carbonyl (C=O) groups is 1. The fourth-order valence-electron chi connectivity index (χ4n) is 2.40. The minimum atomic E-state index is -3.99. The van der Waals surface area contributed by atoms with Gasteiger partial charge in [0.05, 0.1) is 18.1 Å². The molecule has 1 N–H and O–H groups in total. The second kappa shape index (κ2) is 6.54. The van der Waals surface area contributed by atoms with Crippen molar-refractivity contribution in [3.05, 3.63) is 53.5 Å². The third-order valence-corrected chi connectivity index (χ3v) is 3.62. The molecule has 1 aliphatic heterocycles. The highest BCUT2D eigenvalue weighted by atomic mass is 19.3. The summed E-state index contributed by atoms with van der Waals surface area (Å²) in [4.78, 5) is 11.3. The largest absolute Gasteiger partial charge is 0.485 e. The van der Waals surface area contributed by atoms with Gasteiger partial charge in [-0.15, -0.1) is 0 Å². The highest BCUT2D eigenvalue weighted by Crippen LogP contribution is 2.42. The molecule has 2 heterocycles. The zero-order valence-corrected chi connectivity index (χ0v) is 12.7. The number of fused-ring (bicyclic) bond motifs is 1. The van der Waals surface area contributed by atoms with Gasteiger partial charge in [-0.25, -0.2) is 9.18 Å². The monoisotopic (exact) mass is 354 g/mol. The van der Waals surface area contributed by atoms with E-state index in [-0.39, 0.29) is 23.7 Å². The maximum absolute atomic E-state index is 13.8. The third kappa shape index (κ3) is 3.33. The van der Waals surface area contributed by atoms with Crippen molar-refractivity contribution in [2.75, 3.05) is 6.67 Å². The number of benzene rings is 1. The van der Waals surface area contributed by atoms with Gasteiger partial charge in [0, 0.05) is 11.1 Å². The van der Waals surface area contributed by atoms with Crippen LogP contribution in [0.2, 0.25) is 0 Å². The quantitative estimate of drug-likeness (QED) is 0.857. The van der Waals surface area contributed by atoms with Gasteiger partial charge in [0.25, 0.3) is 0 Å². The van der Waals surface area contributed by atoms with Gasteiger partial charge in [0.1, 0.15) is 6.61 Å². The Kier molecular flexibility index (Phi) is 4.43. The lowest BCUT2D eigenvalue weighted by atomic mass is 9.97. The van der Waals surface area contributed by atoms with Crippen molar-refractivity contribution < 1.29 is 37.0 Å². The molecule has 0 saturated heterocycles. The molecule has 0 saturated carbocycles. The van der Waals surface area contributed by atoms with Crippen molar-refractivity contribution >= 4 is 12.0 Å². The van der Waals surface area contributed by atoms with E-state index in [1.165, 1.54) is 24.7 Å². The average molecular weight is 354 g/mol. The fraction of sp³-hybridized carbons (Fsp3) is 0.235. The van der Waals surface area contributed by atoms with Crippen molar-refractivity contribution in [1.82, 2.24) is 0 Å². The Hall–Kier alpha value is -2.90. The topological polar surface area (TPSA) is 68.9 Å². The molecular weight excluding hydrogens is 341 g/mol. The Bertz CT molecular complexity index is 799. The van der Waals surface area contributed by atoms with Crippen LogP contribution in [0.4, 0.5) is 13.2 Å². The summed E-state index contributed by atoms with van der Waals surface area (Å²) in [7, 11) is 0. The van der Waals surface area contributed by atoms with Gasteiger partial charge in [-0.2, -0.15) is 8.78 Å².